The molecule has 0 bridgehead atoms. The highest BCUT2D eigenvalue weighted by Crippen LogP contribution is 2.25. The molecule has 1 aliphatic rings. The number of hydrogen-bond donors (Lipinski definition) is 0. The highest BCUT2D eigenvalue weighted by atomic mass is 15.1. The van der Waals surface area contributed by atoms with Crippen molar-refractivity contribution in [2.75, 3.05) is 13.1 Å². The first-order chi connectivity index (χ1) is 6.61. The summed E-state index contributed by atoms with van der Waals surface area (Å²) in [4.78, 5) is 2.60. The lowest BCUT2D eigenvalue weighted by atomic mass is 9.86. The zero-order valence-electron chi connectivity index (χ0n) is 11.0. The minimum atomic E-state index is 0.748. The van der Waals surface area contributed by atoms with Crippen molar-refractivity contribution in [1.82, 2.24) is 4.90 Å². The molecule has 0 N–H and O–H groups in total. The molecule has 1 heteroatoms. The van der Waals surface area contributed by atoms with Crippen LogP contribution in [0.2, 0.25) is 0 Å². The fourth-order valence-electron chi connectivity index (χ4n) is 2.10. The molecule has 1 fully saturated rings. The Kier molecular flexibility index (Phi) is 7.26. The smallest absolute Gasteiger partial charge is 0.00385 e. The van der Waals surface area contributed by atoms with Gasteiger partial charge in [-0.3, -0.25) is 0 Å². The van der Waals surface area contributed by atoms with Gasteiger partial charge in [-0.05, 0) is 51.6 Å². The van der Waals surface area contributed by atoms with Crippen molar-refractivity contribution < 1.29 is 0 Å². The van der Waals surface area contributed by atoms with Crippen LogP contribution in [0.3, 0.4) is 0 Å². The van der Waals surface area contributed by atoms with Crippen LogP contribution in [-0.2, 0) is 0 Å². The molecular weight excluding hydrogens is 170 g/mol. The van der Waals surface area contributed by atoms with Gasteiger partial charge in [-0.2, -0.15) is 0 Å². The van der Waals surface area contributed by atoms with Gasteiger partial charge < -0.3 is 4.90 Å². The standard InChI is InChI=1S/C11H23N.C2H6/c1-9(2)11-5-7-12(8-6-11)10(3)4;1-2/h9-11H,5-8H2,1-4H3;1-2H3. The minimum absolute atomic E-state index is 0.748. The molecule has 1 rings (SSSR count). The van der Waals surface area contributed by atoms with E-state index < -0.39 is 0 Å². The fraction of sp³-hybridized carbons (Fsp3) is 1.00. The van der Waals surface area contributed by atoms with Gasteiger partial charge in [-0.1, -0.05) is 27.7 Å². The normalized spacial score (nSPS) is 19.7. The molecule has 0 spiro atoms. The van der Waals surface area contributed by atoms with Crippen LogP contribution in [0, 0.1) is 11.8 Å². The Hall–Kier alpha value is -0.0400. The summed E-state index contributed by atoms with van der Waals surface area (Å²) in [6, 6.07) is 0.748. The van der Waals surface area contributed by atoms with Crippen LogP contribution in [0.15, 0.2) is 0 Å². The Balaban J connectivity index is 0.000000791. The molecule has 1 aliphatic heterocycles. The first-order valence-corrected chi connectivity index (χ1v) is 6.35. The summed E-state index contributed by atoms with van der Waals surface area (Å²) in [7, 11) is 0. The van der Waals surface area contributed by atoms with E-state index >= 15 is 0 Å². The van der Waals surface area contributed by atoms with Gasteiger partial charge in [0.05, 0.1) is 0 Å². The Morgan fingerprint density at radius 2 is 1.36 bits per heavy atom. The molecule has 1 saturated heterocycles. The average Bonchev–Trinajstić information content (AvgIpc) is 2.21. The van der Waals surface area contributed by atoms with Gasteiger partial charge in [0.25, 0.3) is 0 Å². The third kappa shape index (κ3) is 4.45. The first kappa shape index (κ1) is 14.0. The molecular formula is C13H29N. The largest absolute Gasteiger partial charge is 0.301 e. The lowest BCUT2D eigenvalue weighted by Crippen LogP contribution is -2.39. The second kappa shape index (κ2) is 7.28. The zero-order valence-corrected chi connectivity index (χ0v) is 11.0. The third-order valence-electron chi connectivity index (χ3n) is 3.25. The maximum absolute atomic E-state index is 2.60. The van der Waals surface area contributed by atoms with Crippen molar-refractivity contribution in [2.24, 2.45) is 11.8 Å². The second-order valence-corrected chi connectivity index (χ2v) is 4.71. The monoisotopic (exact) mass is 199 g/mol. The summed E-state index contributed by atoms with van der Waals surface area (Å²) < 4.78 is 0. The van der Waals surface area contributed by atoms with Gasteiger partial charge in [-0.25, -0.2) is 0 Å². The second-order valence-electron chi connectivity index (χ2n) is 4.71. The molecule has 0 saturated carbocycles. The SMILES string of the molecule is CC.CC(C)C1CCN(C(C)C)CC1. The van der Waals surface area contributed by atoms with E-state index in [1.807, 2.05) is 13.8 Å². The van der Waals surface area contributed by atoms with Crippen molar-refractivity contribution in [3.05, 3.63) is 0 Å². The summed E-state index contributed by atoms with van der Waals surface area (Å²) in [5.74, 6) is 1.87. The minimum Gasteiger partial charge on any atom is -0.301 e. The van der Waals surface area contributed by atoms with E-state index in [4.69, 9.17) is 0 Å². The molecule has 86 valence electrons. The van der Waals surface area contributed by atoms with E-state index in [9.17, 15) is 0 Å². The molecule has 1 nitrogen and oxygen atoms in total. The molecule has 0 aromatic rings. The van der Waals surface area contributed by atoms with Gasteiger partial charge in [-0.15, -0.1) is 0 Å². The van der Waals surface area contributed by atoms with Crippen molar-refractivity contribution in [3.8, 4) is 0 Å². The molecule has 0 aromatic carbocycles. The average molecular weight is 199 g/mol. The number of likely N-dealkylation sites (tertiary alicyclic amines) is 1. The Morgan fingerprint density at radius 3 is 1.64 bits per heavy atom. The van der Waals surface area contributed by atoms with Gasteiger partial charge in [0.15, 0.2) is 0 Å². The molecule has 0 unspecified atom stereocenters. The van der Waals surface area contributed by atoms with Gasteiger partial charge in [0, 0.05) is 6.04 Å². The van der Waals surface area contributed by atoms with Gasteiger partial charge >= 0.3 is 0 Å². The van der Waals surface area contributed by atoms with Crippen LogP contribution in [0.5, 0.6) is 0 Å². The molecule has 0 aromatic heterocycles. The van der Waals surface area contributed by atoms with Gasteiger partial charge in [0.1, 0.15) is 0 Å². The van der Waals surface area contributed by atoms with Crippen LogP contribution in [0.4, 0.5) is 0 Å². The van der Waals surface area contributed by atoms with E-state index in [2.05, 4.69) is 32.6 Å². The van der Waals surface area contributed by atoms with E-state index in [0.29, 0.717) is 0 Å². The molecule has 1 heterocycles. The quantitative estimate of drug-likeness (QED) is 0.654. The number of nitrogens with zero attached hydrogens (tertiary/aromatic N) is 1. The molecule has 0 amide bonds. The van der Waals surface area contributed by atoms with Crippen LogP contribution in [0.25, 0.3) is 0 Å². The van der Waals surface area contributed by atoms with E-state index in [0.717, 1.165) is 17.9 Å². The van der Waals surface area contributed by atoms with Crippen LogP contribution >= 0.6 is 0 Å². The lowest BCUT2D eigenvalue weighted by molar-refractivity contribution is 0.129. The number of hydrogen-bond acceptors (Lipinski definition) is 1. The van der Waals surface area contributed by atoms with E-state index in [1.54, 1.807) is 0 Å². The lowest BCUT2D eigenvalue weighted by Gasteiger charge is -2.36. The molecule has 0 radical (unpaired) electrons. The predicted octanol–water partition coefficient (Wildman–Crippen LogP) is 3.79. The van der Waals surface area contributed by atoms with Crippen molar-refractivity contribution in [3.63, 3.8) is 0 Å². The van der Waals surface area contributed by atoms with Crippen LogP contribution < -0.4 is 0 Å². The maximum Gasteiger partial charge on any atom is 0.00385 e. The zero-order chi connectivity index (χ0) is 11.1. The van der Waals surface area contributed by atoms with Crippen LogP contribution in [0.1, 0.15) is 54.4 Å². The molecule has 0 atom stereocenters. The van der Waals surface area contributed by atoms with Crippen molar-refractivity contribution >= 4 is 0 Å². The van der Waals surface area contributed by atoms with Crippen molar-refractivity contribution in [2.45, 2.75) is 60.4 Å². The molecule has 14 heavy (non-hydrogen) atoms. The predicted molar refractivity (Wildman–Crippen MR) is 65.6 cm³/mol. The topological polar surface area (TPSA) is 3.24 Å². The number of rotatable bonds is 2. The Morgan fingerprint density at radius 1 is 0.929 bits per heavy atom. The van der Waals surface area contributed by atoms with Gasteiger partial charge in [0.2, 0.25) is 0 Å². The maximum atomic E-state index is 2.60. The summed E-state index contributed by atoms with van der Waals surface area (Å²) in [5.41, 5.74) is 0. The van der Waals surface area contributed by atoms with E-state index in [1.165, 1.54) is 25.9 Å². The summed E-state index contributed by atoms with van der Waals surface area (Å²) in [5, 5.41) is 0. The Bertz CT molecular complexity index is 105. The number of piperidine rings is 1. The van der Waals surface area contributed by atoms with E-state index in [-0.39, 0.29) is 0 Å². The highest BCUT2D eigenvalue weighted by Gasteiger charge is 2.22. The third-order valence-corrected chi connectivity index (χ3v) is 3.25. The summed E-state index contributed by atoms with van der Waals surface area (Å²) >= 11 is 0. The molecule has 0 aliphatic carbocycles. The first-order valence-electron chi connectivity index (χ1n) is 6.35. The highest BCUT2D eigenvalue weighted by molar-refractivity contribution is 4.75. The van der Waals surface area contributed by atoms with Crippen molar-refractivity contribution in [1.29, 1.82) is 0 Å². The Labute approximate surface area is 90.9 Å². The summed E-state index contributed by atoms with van der Waals surface area (Å²) in [6.45, 7) is 16.0. The fourth-order valence-corrected chi connectivity index (χ4v) is 2.10. The van der Waals surface area contributed by atoms with Crippen LogP contribution in [-0.4, -0.2) is 24.0 Å². The summed E-state index contributed by atoms with van der Waals surface area (Å²) in [6.07, 6.45) is 2.83.